The maximum absolute atomic E-state index is 13.8. The van der Waals surface area contributed by atoms with Crippen LogP contribution in [0.5, 0.6) is 0 Å². The number of nitrogens with zero attached hydrogens (tertiary/aromatic N) is 2. The van der Waals surface area contributed by atoms with Crippen LogP contribution in [0.3, 0.4) is 0 Å². The average Bonchev–Trinajstić information content (AvgIpc) is 3.22. The molecule has 0 saturated heterocycles. The topological polar surface area (TPSA) is 94.0 Å². The number of carbonyl (C=O) groups excluding carboxylic acids is 1. The highest BCUT2D eigenvalue weighted by atomic mass is 19.1. The molecule has 140 valence electrons. The normalized spacial score (nSPS) is 17.5. The Morgan fingerprint density at radius 2 is 1.88 bits per heavy atom. The SMILES string of the molecule is CC(C)[C@H](NC(=O)c1c(F)cccc1F)c1nc(C2(N)CCCC2)no1. The molecular weight excluding hydrogens is 342 g/mol. The van der Waals surface area contributed by atoms with Crippen molar-refractivity contribution in [1.29, 1.82) is 0 Å². The monoisotopic (exact) mass is 364 g/mol. The van der Waals surface area contributed by atoms with Gasteiger partial charge >= 0.3 is 0 Å². The Labute approximate surface area is 150 Å². The molecule has 1 aliphatic rings. The van der Waals surface area contributed by atoms with E-state index in [0.29, 0.717) is 5.82 Å². The molecule has 1 amide bonds. The van der Waals surface area contributed by atoms with Gasteiger partial charge in [-0.05, 0) is 30.9 Å². The minimum Gasteiger partial charge on any atom is -0.340 e. The minimum absolute atomic E-state index is 0.139. The van der Waals surface area contributed by atoms with E-state index in [-0.39, 0.29) is 11.8 Å². The number of benzene rings is 1. The second-order valence-corrected chi connectivity index (χ2v) is 7.11. The number of carbonyl (C=O) groups is 1. The molecule has 3 rings (SSSR count). The van der Waals surface area contributed by atoms with Crippen molar-refractivity contribution in [2.45, 2.75) is 51.1 Å². The average molecular weight is 364 g/mol. The Balaban J connectivity index is 1.84. The summed E-state index contributed by atoms with van der Waals surface area (Å²) in [5, 5.41) is 6.57. The molecule has 1 aromatic carbocycles. The van der Waals surface area contributed by atoms with Gasteiger partial charge in [-0.2, -0.15) is 4.98 Å². The Morgan fingerprint density at radius 1 is 1.27 bits per heavy atom. The highest BCUT2D eigenvalue weighted by Crippen LogP contribution is 2.35. The lowest BCUT2D eigenvalue weighted by Gasteiger charge is -2.20. The summed E-state index contributed by atoms with van der Waals surface area (Å²) in [5.41, 5.74) is 5.08. The number of halogens is 2. The smallest absolute Gasteiger partial charge is 0.257 e. The number of hydrogen-bond acceptors (Lipinski definition) is 5. The first-order valence-corrected chi connectivity index (χ1v) is 8.69. The molecule has 0 spiro atoms. The fraction of sp³-hybridized carbons (Fsp3) is 0.500. The Bertz CT molecular complexity index is 780. The van der Waals surface area contributed by atoms with Crippen LogP contribution in [0.25, 0.3) is 0 Å². The van der Waals surface area contributed by atoms with Crippen LogP contribution >= 0.6 is 0 Å². The van der Waals surface area contributed by atoms with Gasteiger partial charge in [-0.3, -0.25) is 4.79 Å². The van der Waals surface area contributed by atoms with Crippen LogP contribution in [0, 0.1) is 17.6 Å². The number of hydrogen-bond donors (Lipinski definition) is 2. The molecule has 26 heavy (non-hydrogen) atoms. The molecule has 0 unspecified atom stereocenters. The number of aromatic nitrogens is 2. The predicted molar refractivity (Wildman–Crippen MR) is 90.0 cm³/mol. The van der Waals surface area contributed by atoms with Crippen molar-refractivity contribution >= 4 is 5.91 Å². The standard InChI is InChI=1S/C18H22F2N4O2/c1-10(2)14(22-15(25)13-11(19)6-5-7-12(13)20)16-23-17(24-26-16)18(21)8-3-4-9-18/h5-7,10,14H,3-4,8-9,21H2,1-2H3,(H,22,25)/t14-/m0/s1. The summed E-state index contributed by atoms with van der Waals surface area (Å²) in [7, 11) is 0. The van der Waals surface area contributed by atoms with E-state index >= 15 is 0 Å². The molecular formula is C18H22F2N4O2. The van der Waals surface area contributed by atoms with E-state index in [0.717, 1.165) is 37.8 Å². The van der Waals surface area contributed by atoms with E-state index in [1.54, 1.807) is 0 Å². The lowest BCUT2D eigenvalue weighted by atomic mass is 9.98. The molecule has 1 aliphatic carbocycles. The lowest BCUT2D eigenvalue weighted by molar-refractivity contribution is 0.0905. The fourth-order valence-electron chi connectivity index (χ4n) is 3.23. The van der Waals surface area contributed by atoms with E-state index in [1.165, 1.54) is 6.07 Å². The van der Waals surface area contributed by atoms with Crippen molar-refractivity contribution < 1.29 is 18.1 Å². The van der Waals surface area contributed by atoms with Gasteiger partial charge < -0.3 is 15.6 Å². The number of nitrogens with two attached hydrogens (primary N) is 1. The molecule has 1 saturated carbocycles. The molecule has 1 fully saturated rings. The summed E-state index contributed by atoms with van der Waals surface area (Å²) in [4.78, 5) is 16.8. The van der Waals surface area contributed by atoms with E-state index < -0.39 is 34.7 Å². The summed E-state index contributed by atoms with van der Waals surface area (Å²) in [6, 6.07) is 2.58. The molecule has 1 heterocycles. The molecule has 1 atom stereocenters. The third-order valence-corrected chi connectivity index (χ3v) is 4.79. The van der Waals surface area contributed by atoms with Gasteiger partial charge in [0, 0.05) is 0 Å². The van der Waals surface area contributed by atoms with E-state index in [9.17, 15) is 13.6 Å². The molecule has 2 aromatic rings. The van der Waals surface area contributed by atoms with Crippen molar-refractivity contribution in [3.63, 3.8) is 0 Å². The Hall–Kier alpha value is -2.35. The second-order valence-electron chi connectivity index (χ2n) is 7.11. The molecule has 0 aliphatic heterocycles. The van der Waals surface area contributed by atoms with Crippen LogP contribution in [0.4, 0.5) is 8.78 Å². The van der Waals surface area contributed by atoms with Crippen molar-refractivity contribution in [1.82, 2.24) is 15.5 Å². The van der Waals surface area contributed by atoms with Crippen molar-refractivity contribution in [3.8, 4) is 0 Å². The van der Waals surface area contributed by atoms with Crippen LogP contribution in [0.2, 0.25) is 0 Å². The predicted octanol–water partition coefficient (Wildman–Crippen LogP) is 3.20. The van der Waals surface area contributed by atoms with Crippen molar-refractivity contribution in [3.05, 3.63) is 47.1 Å². The maximum Gasteiger partial charge on any atom is 0.257 e. The van der Waals surface area contributed by atoms with E-state index in [1.807, 2.05) is 13.8 Å². The maximum atomic E-state index is 13.8. The zero-order valence-electron chi connectivity index (χ0n) is 14.8. The van der Waals surface area contributed by atoms with Crippen LogP contribution in [0.15, 0.2) is 22.7 Å². The van der Waals surface area contributed by atoms with Gasteiger partial charge in [-0.15, -0.1) is 0 Å². The van der Waals surface area contributed by atoms with Crippen molar-refractivity contribution in [2.24, 2.45) is 11.7 Å². The van der Waals surface area contributed by atoms with E-state index in [4.69, 9.17) is 10.3 Å². The number of rotatable bonds is 5. The third kappa shape index (κ3) is 3.46. The zero-order valence-corrected chi connectivity index (χ0v) is 14.8. The van der Waals surface area contributed by atoms with Crippen LogP contribution in [-0.2, 0) is 5.54 Å². The van der Waals surface area contributed by atoms with Crippen LogP contribution in [-0.4, -0.2) is 16.0 Å². The Kier molecular flexibility index (Phi) is 5.04. The molecule has 8 heteroatoms. The third-order valence-electron chi connectivity index (χ3n) is 4.79. The molecule has 0 bridgehead atoms. The molecule has 0 radical (unpaired) electrons. The summed E-state index contributed by atoms with van der Waals surface area (Å²) in [6.45, 7) is 3.67. The summed E-state index contributed by atoms with van der Waals surface area (Å²) in [5.74, 6) is -2.29. The molecule has 3 N–H and O–H groups in total. The molecule has 6 nitrogen and oxygen atoms in total. The van der Waals surface area contributed by atoms with Gasteiger partial charge in [0.15, 0.2) is 5.82 Å². The summed E-state index contributed by atoms with van der Waals surface area (Å²) >= 11 is 0. The first kappa shape index (κ1) is 18.4. The van der Waals surface area contributed by atoms with Gasteiger partial charge in [0.1, 0.15) is 23.2 Å². The highest BCUT2D eigenvalue weighted by Gasteiger charge is 2.37. The van der Waals surface area contributed by atoms with Gasteiger partial charge in [0.2, 0.25) is 5.89 Å². The fourth-order valence-corrected chi connectivity index (χ4v) is 3.23. The van der Waals surface area contributed by atoms with Crippen molar-refractivity contribution in [2.75, 3.05) is 0 Å². The summed E-state index contributed by atoms with van der Waals surface area (Å²) in [6.07, 6.45) is 3.53. The van der Waals surface area contributed by atoms with Gasteiger partial charge in [-0.25, -0.2) is 8.78 Å². The molecule has 1 aromatic heterocycles. The summed E-state index contributed by atoms with van der Waals surface area (Å²) < 4.78 is 33.0. The van der Waals surface area contributed by atoms with Crippen LogP contribution in [0.1, 0.15) is 67.6 Å². The van der Waals surface area contributed by atoms with Gasteiger partial charge in [0.25, 0.3) is 5.91 Å². The second kappa shape index (κ2) is 7.11. The first-order chi connectivity index (χ1) is 12.3. The van der Waals surface area contributed by atoms with E-state index in [2.05, 4.69) is 15.5 Å². The number of nitrogens with one attached hydrogen (secondary N) is 1. The van der Waals surface area contributed by atoms with Crippen LogP contribution < -0.4 is 11.1 Å². The Morgan fingerprint density at radius 3 is 2.46 bits per heavy atom. The highest BCUT2D eigenvalue weighted by molar-refractivity contribution is 5.94. The quantitative estimate of drug-likeness (QED) is 0.850. The lowest BCUT2D eigenvalue weighted by Crippen LogP contribution is -2.35. The van der Waals surface area contributed by atoms with Gasteiger partial charge in [-0.1, -0.05) is 37.9 Å². The minimum atomic E-state index is -0.928. The first-order valence-electron chi connectivity index (χ1n) is 8.69. The zero-order chi connectivity index (χ0) is 18.9. The van der Waals surface area contributed by atoms with Gasteiger partial charge in [0.05, 0.1) is 5.54 Å². The number of amides is 1. The largest absolute Gasteiger partial charge is 0.340 e.